The van der Waals surface area contributed by atoms with Gasteiger partial charge in [-0.25, -0.2) is 0 Å². The van der Waals surface area contributed by atoms with Gasteiger partial charge in [0.05, 0.1) is 19.6 Å². The molecule has 0 rings (SSSR count). The quantitative estimate of drug-likeness (QED) is 0.374. The first-order valence-electron chi connectivity index (χ1n) is 4.53. The molecule has 0 fully saturated rings. The van der Waals surface area contributed by atoms with Gasteiger partial charge in [0.15, 0.2) is 6.16 Å². The van der Waals surface area contributed by atoms with E-state index < -0.39 is 7.80 Å². The van der Waals surface area contributed by atoms with Gasteiger partial charge in [-0.05, 0) is 20.4 Å². The van der Waals surface area contributed by atoms with Crippen LogP contribution in [0.4, 0.5) is 0 Å². The Morgan fingerprint density at radius 1 is 1.29 bits per heavy atom. The lowest BCUT2D eigenvalue weighted by atomic mass is 10.5. The summed E-state index contributed by atoms with van der Waals surface area (Å²) in [6.07, 6.45) is 0.391. The number of ether oxygens (including phenoxy) is 2. The van der Waals surface area contributed by atoms with Crippen molar-refractivity contribution < 1.29 is 18.8 Å². The van der Waals surface area contributed by atoms with E-state index in [9.17, 15) is 9.36 Å². The van der Waals surface area contributed by atoms with Crippen LogP contribution in [0.1, 0.15) is 20.3 Å². The number of rotatable bonds is 7. The maximum absolute atomic E-state index is 11.4. The molecule has 0 aromatic heterocycles. The van der Waals surface area contributed by atoms with Crippen LogP contribution in [-0.2, 0) is 18.8 Å². The van der Waals surface area contributed by atoms with E-state index in [0.29, 0.717) is 13.2 Å². The third-order valence-corrected chi connectivity index (χ3v) is 2.73. The topological polar surface area (TPSA) is 52.6 Å². The second kappa shape index (κ2) is 7.51. The normalized spacial score (nSPS) is 10.6. The molecule has 0 aromatic rings. The van der Waals surface area contributed by atoms with Gasteiger partial charge >= 0.3 is 19.3 Å². The highest BCUT2D eigenvalue weighted by atomic mass is 31.1. The van der Waals surface area contributed by atoms with Gasteiger partial charge in [-0.2, -0.15) is 0 Å². The van der Waals surface area contributed by atoms with Crippen LogP contribution in [0.3, 0.4) is 0 Å². The molecule has 0 aliphatic carbocycles. The average Bonchev–Trinajstić information content (AvgIpc) is 2.15. The Hall–Kier alpha value is -0.890. The molecule has 5 heteroatoms. The van der Waals surface area contributed by atoms with E-state index in [2.05, 4.69) is 6.58 Å². The Kier molecular flexibility index (Phi) is 7.03. The molecule has 0 amide bonds. The number of esters is 1. The summed E-state index contributed by atoms with van der Waals surface area (Å²) < 4.78 is 21.0. The monoisotopic (exact) mass is 219 g/mol. The molecule has 0 saturated carbocycles. The summed E-state index contributed by atoms with van der Waals surface area (Å²) in [5.41, 5.74) is 0.256. The van der Waals surface area contributed by atoms with Crippen molar-refractivity contribution in [2.45, 2.75) is 20.3 Å². The van der Waals surface area contributed by atoms with E-state index in [1.165, 1.54) is 0 Å². The lowest BCUT2D eigenvalue weighted by molar-refractivity contribution is -0.142. The van der Waals surface area contributed by atoms with Crippen LogP contribution in [-0.4, -0.2) is 25.3 Å². The minimum atomic E-state index is -1.66. The molecule has 0 aromatic carbocycles. The van der Waals surface area contributed by atoms with Gasteiger partial charge in [-0.3, -0.25) is 4.79 Å². The molecule has 0 aliphatic rings. The number of hydrogen-bond acceptors (Lipinski definition) is 4. The third-order valence-electron chi connectivity index (χ3n) is 1.41. The second-order valence-corrected chi connectivity index (χ2v) is 4.19. The zero-order valence-corrected chi connectivity index (χ0v) is 9.51. The fraction of sp³-hybridized carbons (Fsp3) is 0.667. The lowest BCUT2D eigenvalue weighted by Gasteiger charge is -1.97. The molecule has 1 unspecified atom stereocenters. The molecule has 80 valence electrons. The van der Waals surface area contributed by atoms with Gasteiger partial charge < -0.3 is 9.47 Å². The first kappa shape index (κ1) is 13.1. The summed E-state index contributed by atoms with van der Waals surface area (Å²) in [5, 5.41) is 0. The van der Waals surface area contributed by atoms with Crippen molar-refractivity contribution in [3.63, 3.8) is 0 Å². The summed E-state index contributed by atoms with van der Waals surface area (Å²) in [6.45, 7) is 7.83. The van der Waals surface area contributed by atoms with Crippen molar-refractivity contribution in [2.24, 2.45) is 0 Å². The summed E-state index contributed by atoms with van der Waals surface area (Å²) in [6, 6.07) is 0. The molecule has 0 aliphatic heterocycles. The van der Waals surface area contributed by atoms with Crippen LogP contribution < -0.4 is 0 Å². The van der Waals surface area contributed by atoms with E-state index in [-0.39, 0.29) is 24.1 Å². The Morgan fingerprint density at radius 2 is 1.86 bits per heavy atom. The Morgan fingerprint density at radius 3 is 2.36 bits per heavy atom. The summed E-state index contributed by atoms with van der Waals surface area (Å²) in [4.78, 5) is 10.9. The molecule has 0 heterocycles. The molecule has 0 N–H and O–H groups in total. The van der Waals surface area contributed by atoms with E-state index >= 15 is 0 Å². The van der Waals surface area contributed by atoms with Crippen LogP contribution in [0.5, 0.6) is 0 Å². The van der Waals surface area contributed by atoms with Crippen LogP contribution in [0, 0.1) is 0 Å². The largest absolute Gasteiger partial charge is 0.466 e. The molecule has 0 radical (unpaired) electrons. The number of hydrogen-bond donors (Lipinski definition) is 0. The van der Waals surface area contributed by atoms with E-state index in [4.69, 9.17) is 9.47 Å². The van der Waals surface area contributed by atoms with Crippen molar-refractivity contribution in [3.8, 4) is 0 Å². The Bertz CT molecular complexity index is 225. The summed E-state index contributed by atoms with van der Waals surface area (Å²) >= 11 is 0. The SMILES string of the molecule is C=C(OCC)[P+](=O)CCC(=O)OCC. The van der Waals surface area contributed by atoms with Crippen molar-refractivity contribution in [2.75, 3.05) is 19.4 Å². The van der Waals surface area contributed by atoms with Crippen LogP contribution in [0.25, 0.3) is 0 Å². The number of carbonyl (C=O) groups excluding carboxylic acids is 1. The van der Waals surface area contributed by atoms with E-state index in [1.807, 2.05) is 0 Å². The predicted octanol–water partition coefficient (Wildman–Crippen LogP) is 2.27. The van der Waals surface area contributed by atoms with E-state index in [0.717, 1.165) is 0 Å². The molecule has 0 spiro atoms. The van der Waals surface area contributed by atoms with Crippen molar-refractivity contribution in [3.05, 3.63) is 12.1 Å². The zero-order valence-electron chi connectivity index (χ0n) is 8.62. The highest BCUT2D eigenvalue weighted by Crippen LogP contribution is 2.31. The smallest absolute Gasteiger partial charge is 0.415 e. The van der Waals surface area contributed by atoms with Gasteiger partial charge in [0.25, 0.3) is 0 Å². The minimum absolute atomic E-state index is 0.148. The Balaban J connectivity index is 3.73. The van der Waals surface area contributed by atoms with Crippen molar-refractivity contribution >= 4 is 13.8 Å². The molecule has 0 saturated heterocycles. The highest BCUT2D eigenvalue weighted by Gasteiger charge is 2.24. The summed E-state index contributed by atoms with van der Waals surface area (Å²) in [7, 11) is -1.66. The molecular formula is C9H16O4P+. The van der Waals surface area contributed by atoms with Crippen molar-refractivity contribution in [1.29, 1.82) is 0 Å². The third kappa shape index (κ3) is 5.70. The molecule has 1 atom stereocenters. The van der Waals surface area contributed by atoms with Gasteiger partial charge in [0, 0.05) is 0 Å². The van der Waals surface area contributed by atoms with Gasteiger partial charge in [0.2, 0.25) is 0 Å². The van der Waals surface area contributed by atoms with Crippen molar-refractivity contribution in [1.82, 2.24) is 0 Å². The maximum Gasteiger partial charge on any atom is 0.415 e. The van der Waals surface area contributed by atoms with Crippen LogP contribution in [0.2, 0.25) is 0 Å². The fourth-order valence-corrected chi connectivity index (χ4v) is 1.70. The zero-order chi connectivity index (χ0) is 11.0. The summed E-state index contributed by atoms with van der Waals surface area (Å²) in [5.74, 6) is -0.333. The molecular weight excluding hydrogens is 203 g/mol. The minimum Gasteiger partial charge on any atom is -0.466 e. The van der Waals surface area contributed by atoms with Crippen LogP contribution >= 0.6 is 7.80 Å². The lowest BCUT2D eigenvalue weighted by Crippen LogP contribution is -2.05. The van der Waals surface area contributed by atoms with Gasteiger partial charge in [-0.15, -0.1) is 0 Å². The molecule has 0 bridgehead atoms. The first-order chi connectivity index (χ1) is 6.61. The fourth-order valence-electron chi connectivity index (χ4n) is 0.789. The highest BCUT2D eigenvalue weighted by molar-refractivity contribution is 7.49. The standard InChI is InChI=1S/C9H16O4P/c1-4-12-8(3)14(11)7-6-9(10)13-5-2/h3-7H2,1-2H3/q+1. The van der Waals surface area contributed by atoms with Gasteiger partial charge in [-0.1, -0.05) is 4.57 Å². The molecule has 4 nitrogen and oxygen atoms in total. The number of carbonyl (C=O) groups is 1. The average molecular weight is 219 g/mol. The van der Waals surface area contributed by atoms with Crippen LogP contribution in [0.15, 0.2) is 12.1 Å². The second-order valence-electron chi connectivity index (χ2n) is 2.48. The van der Waals surface area contributed by atoms with Gasteiger partial charge in [0.1, 0.15) is 0 Å². The van der Waals surface area contributed by atoms with E-state index in [1.54, 1.807) is 13.8 Å². The molecule has 14 heavy (non-hydrogen) atoms. The predicted molar refractivity (Wildman–Crippen MR) is 54.5 cm³/mol. The first-order valence-corrected chi connectivity index (χ1v) is 5.98. The Labute approximate surface area is 85.1 Å². The maximum atomic E-state index is 11.4.